The van der Waals surface area contributed by atoms with Gasteiger partial charge in [-0.2, -0.15) is 0 Å². The number of fused-ring (bicyclic) bond motifs is 2. The predicted molar refractivity (Wildman–Crippen MR) is 97.6 cm³/mol. The summed E-state index contributed by atoms with van der Waals surface area (Å²) in [4.78, 5) is 33.6. The summed E-state index contributed by atoms with van der Waals surface area (Å²) in [5.74, 6) is 0.891. The van der Waals surface area contributed by atoms with Gasteiger partial charge in [0.05, 0.1) is 10.3 Å². The molecule has 0 aromatic carbocycles. The topological polar surface area (TPSA) is 67.2 Å². The second-order valence-electron chi connectivity index (χ2n) is 6.38. The second-order valence-corrected chi connectivity index (χ2v) is 7.38. The van der Waals surface area contributed by atoms with Crippen molar-refractivity contribution in [3.05, 3.63) is 26.6 Å². The van der Waals surface area contributed by atoms with Crippen LogP contribution in [0.5, 0.6) is 0 Å². The van der Waals surface area contributed by atoms with Gasteiger partial charge in [-0.05, 0) is 25.8 Å². The Morgan fingerprint density at radius 2 is 2.17 bits per heavy atom. The Bertz CT molecular complexity index is 860. The highest BCUT2D eigenvalue weighted by atomic mass is 35.5. The van der Waals surface area contributed by atoms with Crippen LogP contribution in [-0.2, 0) is 13.0 Å². The summed E-state index contributed by atoms with van der Waals surface area (Å²) in [5.41, 5.74) is 0.809. The van der Waals surface area contributed by atoms with Crippen molar-refractivity contribution in [2.75, 3.05) is 19.6 Å². The molecule has 0 saturated carbocycles. The summed E-state index contributed by atoms with van der Waals surface area (Å²) in [6.07, 6.45) is 1.82. The van der Waals surface area contributed by atoms with Crippen molar-refractivity contribution in [2.45, 2.75) is 39.3 Å². The predicted octanol–water partition coefficient (Wildman–Crippen LogP) is 1.57. The van der Waals surface area contributed by atoms with E-state index in [0.29, 0.717) is 21.6 Å². The standard InChI is InChI=1S/C16H20N4O2S.ClH/c1-9-8-17-5-7-19(9)16(22)13-10(2)12-14(23-13)18-11-4-3-6-20(11)15(12)21;/h9,17H,3-8H2,1-2H3;1H/t9-;/m1./s1. The molecule has 1 amide bonds. The van der Waals surface area contributed by atoms with Crippen LogP contribution < -0.4 is 10.9 Å². The van der Waals surface area contributed by atoms with Crippen LogP contribution in [0.25, 0.3) is 10.2 Å². The molecule has 0 aliphatic carbocycles. The molecule has 8 heteroatoms. The summed E-state index contributed by atoms with van der Waals surface area (Å²) in [6, 6.07) is 0.167. The average Bonchev–Trinajstić information content (AvgIpc) is 3.12. The molecular weight excluding hydrogens is 348 g/mol. The summed E-state index contributed by atoms with van der Waals surface area (Å²) in [5, 5.41) is 3.93. The summed E-state index contributed by atoms with van der Waals surface area (Å²) >= 11 is 1.37. The highest BCUT2D eigenvalue weighted by molar-refractivity contribution is 7.20. The number of carbonyl (C=O) groups excluding carboxylic acids is 1. The van der Waals surface area contributed by atoms with Crippen LogP contribution in [0.3, 0.4) is 0 Å². The van der Waals surface area contributed by atoms with E-state index in [0.717, 1.165) is 43.9 Å². The maximum atomic E-state index is 12.9. The summed E-state index contributed by atoms with van der Waals surface area (Å²) in [7, 11) is 0. The number of aryl methyl sites for hydroxylation is 2. The number of piperazine rings is 1. The molecule has 2 aliphatic rings. The number of carbonyl (C=O) groups is 1. The van der Waals surface area contributed by atoms with E-state index in [2.05, 4.69) is 10.3 Å². The maximum absolute atomic E-state index is 12.9. The lowest BCUT2D eigenvalue weighted by Crippen LogP contribution is -2.52. The van der Waals surface area contributed by atoms with Gasteiger partial charge in [-0.3, -0.25) is 14.2 Å². The molecule has 130 valence electrons. The molecule has 4 heterocycles. The third kappa shape index (κ3) is 2.55. The van der Waals surface area contributed by atoms with E-state index in [-0.39, 0.29) is 29.9 Å². The van der Waals surface area contributed by atoms with E-state index >= 15 is 0 Å². The minimum Gasteiger partial charge on any atom is -0.333 e. The van der Waals surface area contributed by atoms with Crippen LogP contribution in [0, 0.1) is 6.92 Å². The SMILES string of the molecule is Cc1c(C(=O)N2CCNC[C@H]2C)sc2nc3n(c(=O)c12)CCC3.Cl. The molecule has 0 unspecified atom stereocenters. The number of nitrogens with one attached hydrogen (secondary N) is 1. The molecule has 1 atom stereocenters. The van der Waals surface area contributed by atoms with E-state index in [1.807, 2.05) is 18.7 Å². The van der Waals surface area contributed by atoms with Crippen molar-refractivity contribution in [3.8, 4) is 0 Å². The number of halogens is 1. The lowest BCUT2D eigenvalue weighted by atomic mass is 10.1. The Labute approximate surface area is 150 Å². The highest BCUT2D eigenvalue weighted by Crippen LogP contribution is 2.30. The van der Waals surface area contributed by atoms with Gasteiger partial charge in [0.25, 0.3) is 11.5 Å². The van der Waals surface area contributed by atoms with Crippen LogP contribution in [0.15, 0.2) is 4.79 Å². The van der Waals surface area contributed by atoms with Gasteiger partial charge in [0.2, 0.25) is 0 Å². The van der Waals surface area contributed by atoms with Crippen LogP contribution in [0.4, 0.5) is 0 Å². The van der Waals surface area contributed by atoms with Gasteiger partial charge in [-0.15, -0.1) is 23.7 Å². The smallest absolute Gasteiger partial charge is 0.264 e. The van der Waals surface area contributed by atoms with Gasteiger partial charge < -0.3 is 10.2 Å². The molecule has 0 spiro atoms. The summed E-state index contributed by atoms with van der Waals surface area (Å²) < 4.78 is 1.77. The van der Waals surface area contributed by atoms with Crippen molar-refractivity contribution in [2.24, 2.45) is 0 Å². The van der Waals surface area contributed by atoms with Crippen LogP contribution in [0.1, 0.15) is 34.4 Å². The fourth-order valence-corrected chi connectivity index (χ4v) is 4.70. The molecule has 6 nitrogen and oxygen atoms in total. The minimum atomic E-state index is 0. The molecule has 2 aliphatic heterocycles. The van der Waals surface area contributed by atoms with Crippen LogP contribution in [0.2, 0.25) is 0 Å². The Balaban J connectivity index is 0.00000169. The molecule has 2 aromatic heterocycles. The van der Waals surface area contributed by atoms with Gasteiger partial charge in [0.1, 0.15) is 10.7 Å². The Kier molecular flexibility index (Phi) is 4.68. The van der Waals surface area contributed by atoms with Crippen LogP contribution >= 0.6 is 23.7 Å². The van der Waals surface area contributed by atoms with E-state index in [4.69, 9.17) is 0 Å². The molecule has 1 N–H and O–H groups in total. The van der Waals surface area contributed by atoms with Crippen molar-refractivity contribution < 1.29 is 4.79 Å². The quantitative estimate of drug-likeness (QED) is 0.829. The zero-order valence-electron chi connectivity index (χ0n) is 13.8. The first-order valence-corrected chi connectivity index (χ1v) is 8.94. The number of nitrogens with zero attached hydrogens (tertiary/aromatic N) is 3. The van der Waals surface area contributed by atoms with E-state index in [1.54, 1.807) is 4.57 Å². The van der Waals surface area contributed by atoms with Gasteiger partial charge in [0, 0.05) is 38.6 Å². The van der Waals surface area contributed by atoms with Crippen molar-refractivity contribution in [1.82, 2.24) is 19.8 Å². The number of rotatable bonds is 1. The number of amides is 1. The van der Waals surface area contributed by atoms with Crippen LogP contribution in [-0.4, -0.2) is 46.0 Å². The largest absolute Gasteiger partial charge is 0.333 e. The van der Waals surface area contributed by atoms with Gasteiger partial charge in [-0.1, -0.05) is 0 Å². The Hall–Kier alpha value is -1.44. The maximum Gasteiger partial charge on any atom is 0.264 e. The number of hydrogen-bond donors (Lipinski definition) is 1. The van der Waals surface area contributed by atoms with Gasteiger partial charge in [-0.25, -0.2) is 4.98 Å². The molecule has 2 aromatic rings. The van der Waals surface area contributed by atoms with E-state index in [9.17, 15) is 9.59 Å². The van der Waals surface area contributed by atoms with Crippen molar-refractivity contribution in [3.63, 3.8) is 0 Å². The summed E-state index contributed by atoms with van der Waals surface area (Å²) in [6.45, 7) is 7.00. The molecule has 4 rings (SSSR count). The van der Waals surface area contributed by atoms with Crippen molar-refractivity contribution >= 4 is 39.9 Å². The lowest BCUT2D eigenvalue weighted by Gasteiger charge is -2.33. The van der Waals surface area contributed by atoms with Crippen molar-refractivity contribution in [1.29, 1.82) is 0 Å². The number of thiophene rings is 1. The van der Waals surface area contributed by atoms with Gasteiger partial charge >= 0.3 is 0 Å². The zero-order chi connectivity index (χ0) is 16.1. The normalized spacial score (nSPS) is 20.1. The first-order chi connectivity index (χ1) is 11.1. The number of hydrogen-bond acceptors (Lipinski definition) is 5. The fourth-order valence-electron chi connectivity index (χ4n) is 3.55. The number of aromatic nitrogens is 2. The minimum absolute atomic E-state index is 0. The van der Waals surface area contributed by atoms with E-state index in [1.165, 1.54) is 11.3 Å². The molecule has 24 heavy (non-hydrogen) atoms. The molecule has 1 fully saturated rings. The monoisotopic (exact) mass is 368 g/mol. The molecular formula is C16H21ClN4O2S. The Morgan fingerprint density at radius 1 is 1.38 bits per heavy atom. The lowest BCUT2D eigenvalue weighted by molar-refractivity contribution is 0.0660. The highest BCUT2D eigenvalue weighted by Gasteiger charge is 2.29. The zero-order valence-corrected chi connectivity index (χ0v) is 15.4. The first kappa shape index (κ1) is 17.4. The fraction of sp³-hybridized carbons (Fsp3) is 0.562. The third-order valence-corrected chi connectivity index (χ3v) is 6.04. The van der Waals surface area contributed by atoms with Gasteiger partial charge in [0.15, 0.2) is 0 Å². The molecule has 0 radical (unpaired) electrons. The third-order valence-electron chi connectivity index (χ3n) is 4.87. The molecule has 0 bridgehead atoms. The first-order valence-electron chi connectivity index (χ1n) is 8.12. The van der Waals surface area contributed by atoms with E-state index < -0.39 is 0 Å². The second kappa shape index (κ2) is 6.46. The average molecular weight is 369 g/mol. The Morgan fingerprint density at radius 3 is 2.92 bits per heavy atom. The molecule has 1 saturated heterocycles.